The van der Waals surface area contributed by atoms with E-state index in [-0.39, 0.29) is 0 Å². The Bertz CT molecular complexity index is 307. The molecule has 2 bridgehead atoms. The first-order valence-electron chi connectivity index (χ1n) is 9.15. The van der Waals surface area contributed by atoms with Crippen LogP contribution >= 0.6 is 0 Å². The molecule has 3 aliphatic carbocycles. The molecule has 0 aromatic rings. The van der Waals surface area contributed by atoms with Crippen molar-refractivity contribution in [1.82, 2.24) is 0 Å². The summed E-state index contributed by atoms with van der Waals surface area (Å²) in [6.45, 7) is 9.91. The number of hydrogen-bond acceptors (Lipinski definition) is 0. The second-order valence-corrected chi connectivity index (χ2v) is 8.25. The summed E-state index contributed by atoms with van der Waals surface area (Å²) in [5.41, 5.74) is 0. The highest BCUT2D eigenvalue weighted by atomic mass is 14.6. The van der Waals surface area contributed by atoms with Gasteiger partial charge in [0, 0.05) is 0 Å². The van der Waals surface area contributed by atoms with Gasteiger partial charge in [-0.3, -0.25) is 0 Å². The fourth-order valence-corrected chi connectivity index (χ4v) is 6.21. The molecule has 3 aliphatic rings. The third kappa shape index (κ3) is 2.28. The lowest BCUT2D eigenvalue weighted by atomic mass is 9.66. The van der Waals surface area contributed by atoms with Crippen LogP contribution in [0.3, 0.4) is 0 Å². The van der Waals surface area contributed by atoms with Gasteiger partial charge in [-0.25, -0.2) is 0 Å². The van der Waals surface area contributed by atoms with E-state index in [1.54, 1.807) is 32.1 Å². The summed E-state index contributed by atoms with van der Waals surface area (Å²) in [6.07, 6.45) is 10.7. The van der Waals surface area contributed by atoms with E-state index in [1.807, 2.05) is 0 Å². The summed E-state index contributed by atoms with van der Waals surface area (Å²) in [7, 11) is 0. The van der Waals surface area contributed by atoms with Crippen LogP contribution in [0.4, 0.5) is 0 Å². The predicted molar refractivity (Wildman–Crippen MR) is 82.9 cm³/mol. The van der Waals surface area contributed by atoms with Gasteiger partial charge in [0.25, 0.3) is 0 Å². The topological polar surface area (TPSA) is 0 Å². The molecule has 0 saturated heterocycles. The molecule has 0 N–H and O–H groups in total. The van der Waals surface area contributed by atoms with E-state index in [0.29, 0.717) is 0 Å². The molecule has 0 spiro atoms. The Labute approximate surface area is 120 Å². The second kappa shape index (κ2) is 5.41. The van der Waals surface area contributed by atoms with Gasteiger partial charge in [-0.15, -0.1) is 0 Å². The Morgan fingerprint density at radius 1 is 0.842 bits per heavy atom. The Morgan fingerprint density at radius 2 is 1.53 bits per heavy atom. The maximum absolute atomic E-state index is 2.54. The molecule has 0 aliphatic heterocycles. The molecule has 0 heteroatoms. The highest BCUT2D eigenvalue weighted by Crippen LogP contribution is 2.61. The SMILES string of the molecule is CCC(C)C1CC(C(C)CC)C2C3CCC(C3)CC12. The molecule has 19 heavy (non-hydrogen) atoms. The van der Waals surface area contributed by atoms with Crippen LogP contribution in [0.25, 0.3) is 0 Å². The lowest BCUT2D eigenvalue weighted by Crippen LogP contribution is -2.32. The second-order valence-electron chi connectivity index (χ2n) is 8.25. The summed E-state index contributed by atoms with van der Waals surface area (Å²) >= 11 is 0. The quantitative estimate of drug-likeness (QED) is 0.603. The zero-order chi connectivity index (χ0) is 13.6. The van der Waals surface area contributed by atoms with E-state index in [2.05, 4.69) is 27.7 Å². The smallest absolute Gasteiger partial charge is 0.0323 e. The molecular weight excluding hydrogens is 228 g/mol. The van der Waals surface area contributed by atoms with Gasteiger partial charge in [0.1, 0.15) is 0 Å². The maximum Gasteiger partial charge on any atom is -0.0323 e. The van der Waals surface area contributed by atoms with E-state index in [4.69, 9.17) is 0 Å². The standard InChI is InChI=1S/C19H34/c1-5-12(3)16-11-17(13(4)6-2)19-15-8-7-14(9-15)10-18(16)19/h12-19H,5-11H2,1-4H3. The molecule has 3 fully saturated rings. The minimum atomic E-state index is 0.971. The molecule has 110 valence electrons. The van der Waals surface area contributed by atoms with Crippen molar-refractivity contribution in [3.8, 4) is 0 Å². The van der Waals surface area contributed by atoms with Crippen molar-refractivity contribution in [2.75, 3.05) is 0 Å². The third-order valence-electron chi connectivity index (χ3n) is 7.56. The van der Waals surface area contributed by atoms with Crippen LogP contribution in [0.1, 0.15) is 72.6 Å². The number of hydrogen-bond donors (Lipinski definition) is 0. The van der Waals surface area contributed by atoms with E-state index in [0.717, 1.165) is 47.3 Å². The van der Waals surface area contributed by atoms with Gasteiger partial charge in [0.15, 0.2) is 0 Å². The number of fused-ring (bicyclic) bond motifs is 4. The molecule has 0 amide bonds. The molecule has 0 nitrogen and oxygen atoms in total. The highest BCUT2D eigenvalue weighted by molar-refractivity contribution is 5.02. The van der Waals surface area contributed by atoms with Crippen molar-refractivity contribution in [2.45, 2.75) is 72.6 Å². The summed E-state index contributed by atoms with van der Waals surface area (Å²) in [4.78, 5) is 0. The van der Waals surface area contributed by atoms with Gasteiger partial charge < -0.3 is 0 Å². The Hall–Kier alpha value is 0. The fraction of sp³-hybridized carbons (Fsp3) is 1.00. The maximum atomic E-state index is 2.54. The summed E-state index contributed by atoms with van der Waals surface area (Å²) < 4.78 is 0. The highest BCUT2D eigenvalue weighted by Gasteiger charge is 2.53. The molecule has 0 heterocycles. The lowest BCUT2D eigenvalue weighted by Gasteiger charge is -2.39. The van der Waals surface area contributed by atoms with Crippen LogP contribution in [0.2, 0.25) is 0 Å². The predicted octanol–water partition coefficient (Wildman–Crippen LogP) is 5.77. The lowest BCUT2D eigenvalue weighted by molar-refractivity contribution is 0.0973. The van der Waals surface area contributed by atoms with Crippen molar-refractivity contribution in [3.05, 3.63) is 0 Å². The van der Waals surface area contributed by atoms with E-state index in [9.17, 15) is 0 Å². The zero-order valence-corrected chi connectivity index (χ0v) is 13.6. The molecular formula is C19H34. The first-order valence-corrected chi connectivity index (χ1v) is 9.15. The van der Waals surface area contributed by atoms with Gasteiger partial charge in [-0.2, -0.15) is 0 Å². The van der Waals surface area contributed by atoms with Gasteiger partial charge in [-0.1, -0.05) is 47.0 Å². The first-order chi connectivity index (χ1) is 9.15. The van der Waals surface area contributed by atoms with Crippen LogP contribution < -0.4 is 0 Å². The van der Waals surface area contributed by atoms with Crippen molar-refractivity contribution in [1.29, 1.82) is 0 Å². The minimum Gasteiger partial charge on any atom is -0.0651 e. The monoisotopic (exact) mass is 262 g/mol. The molecule has 8 atom stereocenters. The molecule has 0 aromatic carbocycles. The normalized spacial score (nSPS) is 48.0. The van der Waals surface area contributed by atoms with E-state index >= 15 is 0 Å². The summed E-state index contributed by atoms with van der Waals surface area (Å²) in [6, 6.07) is 0. The summed E-state index contributed by atoms with van der Waals surface area (Å²) in [5.74, 6) is 8.55. The molecule has 3 rings (SSSR count). The summed E-state index contributed by atoms with van der Waals surface area (Å²) in [5, 5.41) is 0. The van der Waals surface area contributed by atoms with Gasteiger partial charge in [0.2, 0.25) is 0 Å². The molecule has 0 radical (unpaired) electrons. The Balaban J connectivity index is 1.84. The van der Waals surface area contributed by atoms with Crippen molar-refractivity contribution in [2.24, 2.45) is 47.3 Å². The molecule has 0 aromatic heterocycles. The Morgan fingerprint density at radius 3 is 2.21 bits per heavy atom. The largest absolute Gasteiger partial charge is 0.0651 e. The van der Waals surface area contributed by atoms with Crippen molar-refractivity contribution < 1.29 is 0 Å². The van der Waals surface area contributed by atoms with E-state index < -0.39 is 0 Å². The average Bonchev–Trinajstić information content (AvgIpc) is 3.00. The molecule has 3 saturated carbocycles. The van der Waals surface area contributed by atoms with Gasteiger partial charge in [0.05, 0.1) is 0 Å². The third-order valence-corrected chi connectivity index (χ3v) is 7.56. The van der Waals surface area contributed by atoms with Crippen LogP contribution in [0.5, 0.6) is 0 Å². The van der Waals surface area contributed by atoms with Crippen molar-refractivity contribution >= 4 is 0 Å². The Kier molecular flexibility index (Phi) is 3.98. The average molecular weight is 262 g/mol. The van der Waals surface area contributed by atoms with Crippen LogP contribution in [-0.2, 0) is 0 Å². The first kappa shape index (κ1) is 14.0. The zero-order valence-electron chi connectivity index (χ0n) is 13.6. The molecule has 8 unspecified atom stereocenters. The number of rotatable bonds is 4. The van der Waals surface area contributed by atoms with Crippen LogP contribution in [-0.4, -0.2) is 0 Å². The van der Waals surface area contributed by atoms with E-state index in [1.165, 1.54) is 12.8 Å². The van der Waals surface area contributed by atoms with Crippen LogP contribution in [0, 0.1) is 47.3 Å². The van der Waals surface area contributed by atoms with Crippen molar-refractivity contribution in [3.63, 3.8) is 0 Å². The van der Waals surface area contributed by atoms with Gasteiger partial charge in [-0.05, 0) is 73.0 Å². The fourth-order valence-electron chi connectivity index (χ4n) is 6.21. The minimum absolute atomic E-state index is 0.971. The van der Waals surface area contributed by atoms with Crippen LogP contribution in [0.15, 0.2) is 0 Å². The van der Waals surface area contributed by atoms with Gasteiger partial charge >= 0.3 is 0 Å².